The number of carbonyl (C=O) groups is 1. The minimum absolute atomic E-state index is 0.337. The van der Waals surface area contributed by atoms with Crippen molar-refractivity contribution in [2.75, 3.05) is 39.0 Å². The van der Waals surface area contributed by atoms with Crippen LogP contribution in [0.25, 0.3) is 0 Å². The lowest BCUT2D eigenvalue weighted by atomic mass is 10.2. The summed E-state index contributed by atoms with van der Waals surface area (Å²) >= 11 is 0. The smallest absolute Gasteiger partial charge is 0.319 e. The van der Waals surface area contributed by atoms with Crippen molar-refractivity contribution in [2.24, 2.45) is 0 Å². The molecule has 0 saturated heterocycles. The van der Waals surface area contributed by atoms with Crippen LogP contribution in [0.5, 0.6) is 5.75 Å². The predicted molar refractivity (Wildman–Crippen MR) is 86.3 cm³/mol. The third-order valence-electron chi connectivity index (χ3n) is 3.52. The Morgan fingerprint density at radius 2 is 2.17 bits per heavy atom. The molecular formula is C16H23N4O4-. The summed E-state index contributed by atoms with van der Waals surface area (Å²) in [5, 5.41) is 24.0. The van der Waals surface area contributed by atoms with Crippen molar-refractivity contribution >= 4 is 11.7 Å². The molecule has 132 valence electrons. The van der Waals surface area contributed by atoms with Crippen LogP contribution in [-0.4, -0.2) is 44.2 Å². The number of nitrogens with one attached hydrogen (secondary N) is 2. The van der Waals surface area contributed by atoms with Gasteiger partial charge in [-0.3, -0.25) is 0 Å². The van der Waals surface area contributed by atoms with Crippen molar-refractivity contribution in [3.8, 4) is 12.0 Å². The Morgan fingerprint density at radius 1 is 1.42 bits per heavy atom. The zero-order chi connectivity index (χ0) is 18.0. The molecule has 0 heterocycles. The molecule has 2 N–H and O–H groups in total. The molecule has 0 fully saturated rings. The standard InChI is InChI=1S/C16H24N4O4/c1-13-5-6-14(11-15(13)23-12-17)19-16(21)18-7-9-20(2,3)8-4-10-24-22/h5-6,10-11,22H,4,7-9H2,1-3H3,(H2,18,19,21)/p-1. The first-order valence-electron chi connectivity index (χ1n) is 7.52. The molecule has 0 aliphatic rings. The fourth-order valence-electron chi connectivity index (χ4n) is 2.05. The number of amides is 2. The van der Waals surface area contributed by atoms with E-state index in [-0.39, 0.29) is 6.03 Å². The lowest BCUT2D eigenvalue weighted by Gasteiger charge is -2.32. The predicted octanol–water partition coefficient (Wildman–Crippen LogP) is 0.897. The van der Waals surface area contributed by atoms with Gasteiger partial charge in [0.25, 0.3) is 6.26 Å². The van der Waals surface area contributed by atoms with Crippen LogP contribution in [0, 0.1) is 25.0 Å². The third kappa shape index (κ3) is 7.28. The van der Waals surface area contributed by atoms with Gasteiger partial charge in [-0.1, -0.05) is 6.07 Å². The van der Waals surface area contributed by atoms with Crippen molar-refractivity contribution in [1.82, 2.24) is 5.32 Å². The van der Waals surface area contributed by atoms with Gasteiger partial charge >= 0.3 is 6.03 Å². The fourth-order valence-corrected chi connectivity index (χ4v) is 2.05. The molecule has 2 amide bonds. The Kier molecular flexibility index (Phi) is 7.98. The maximum Gasteiger partial charge on any atom is 0.319 e. The van der Waals surface area contributed by atoms with Gasteiger partial charge < -0.3 is 30.0 Å². The number of nitrogens with zero attached hydrogens (tertiary/aromatic N) is 2. The molecule has 0 spiro atoms. The topological polar surface area (TPSA) is 106 Å². The quantitative estimate of drug-likeness (QED) is 0.174. The Morgan fingerprint density at radius 3 is 2.83 bits per heavy atom. The first-order valence-corrected chi connectivity index (χ1v) is 7.52. The molecule has 0 bridgehead atoms. The molecule has 24 heavy (non-hydrogen) atoms. The van der Waals surface area contributed by atoms with Crippen molar-refractivity contribution in [3.05, 3.63) is 30.4 Å². The molecule has 0 aliphatic carbocycles. The second-order valence-corrected chi connectivity index (χ2v) is 5.99. The van der Waals surface area contributed by atoms with E-state index in [1.807, 2.05) is 21.0 Å². The van der Waals surface area contributed by atoms with Crippen LogP contribution in [0.4, 0.5) is 10.5 Å². The molecule has 0 unspecified atom stereocenters. The monoisotopic (exact) mass is 335 g/mol. The summed E-state index contributed by atoms with van der Waals surface area (Å²) in [6.45, 7) is 4.95. The molecular weight excluding hydrogens is 312 g/mol. The number of urea groups is 1. The number of nitriles is 1. The first kappa shape index (κ1) is 19.7. The van der Waals surface area contributed by atoms with Crippen molar-refractivity contribution in [2.45, 2.75) is 13.3 Å². The highest BCUT2D eigenvalue weighted by Crippen LogP contribution is 2.22. The number of carbonyl (C=O) groups excluding carboxylic acids is 1. The molecule has 8 heteroatoms. The second-order valence-electron chi connectivity index (χ2n) is 5.99. The van der Waals surface area contributed by atoms with E-state index in [1.54, 1.807) is 24.5 Å². The van der Waals surface area contributed by atoms with E-state index < -0.39 is 0 Å². The number of hydrogen-bond donors (Lipinski definition) is 2. The number of ether oxygens (including phenoxy) is 1. The van der Waals surface area contributed by atoms with Crippen molar-refractivity contribution < 1.29 is 24.2 Å². The number of quaternary nitrogens is 1. The summed E-state index contributed by atoms with van der Waals surface area (Å²) in [5.74, 6) is 0.407. The maximum absolute atomic E-state index is 11.9. The highest BCUT2D eigenvalue weighted by Gasteiger charge is 2.13. The minimum Gasteiger partial charge on any atom is -0.759 e. The van der Waals surface area contributed by atoms with E-state index in [1.165, 1.54) is 6.61 Å². The zero-order valence-corrected chi connectivity index (χ0v) is 14.2. The van der Waals surface area contributed by atoms with E-state index in [0.29, 0.717) is 35.4 Å². The minimum atomic E-state index is -0.337. The van der Waals surface area contributed by atoms with E-state index in [9.17, 15) is 10.1 Å². The molecule has 0 aliphatic heterocycles. The number of aryl methyl sites for hydroxylation is 1. The Labute approximate surface area is 142 Å². The molecule has 0 aromatic heterocycles. The molecule has 1 aromatic carbocycles. The third-order valence-corrected chi connectivity index (χ3v) is 3.52. The van der Waals surface area contributed by atoms with Gasteiger partial charge in [-0.15, -0.1) is 11.7 Å². The SMILES string of the molecule is Cc1ccc(NC(=O)NCC[N+](C)(C)CC[CH-]O[O-])cc1OC#N. The van der Waals surface area contributed by atoms with E-state index in [0.717, 1.165) is 12.1 Å². The van der Waals surface area contributed by atoms with Gasteiger partial charge in [-0.25, -0.2) is 11.4 Å². The summed E-state index contributed by atoms with van der Waals surface area (Å²) in [7, 11) is 4.01. The zero-order valence-electron chi connectivity index (χ0n) is 14.2. The lowest BCUT2D eigenvalue weighted by molar-refractivity contribution is -0.889. The highest BCUT2D eigenvalue weighted by atomic mass is 17.1. The van der Waals surface area contributed by atoms with Crippen molar-refractivity contribution in [3.63, 3.8) is 0 Å². The Hall–Kier alpha value is -2.34. The van der Waals surface area contributed by atoms with Crippen LogP contribution in [0.15, 0.2) is 18.2 Å². The van der Waals surface area contributed by atoms with Crippen LogP contribution in [0.2, 0.25) is 0 Å². The molecule has 1 aromatic rings. The van der Waals surface area contributed by atoms with Gasteiger partial charge in [0.1, 0.15) is 5.75 Å². The normalized spacial score (nSPS) is 10.8. The summed E-state index contributed by atoms with van der Waals surface area (Å²) in [6, 6.07) is 4.75. The summed E-state index contributed by atoms with van der Waals surface area (Å²) < 4.78 is 5.47. The molecule has 1 rings (SSSR count). The number of benzene rings is 1. The average molecular weight is 335 g/mol. The van der Waals surface area contributed by atoms with Crippen molar-refractivity contribution in [1.29, 1.82) is 5.26 Å². The van der Waals surface area contributed by atoms with Crippen LogP contribution in [0.3, 0.4) is 0 Å². The second kappa shape index (κ2) is 9.72. The van der Waals surface area contributed by atoms with E-state index in [2.05, 4.69) is 15.5 Å². The van der Waals surface area contributed by atoms with E-state index >= 15 is 0 Å². The van der Waals surface area contributed by atoms with Gasteiger partial charge in [0.2, 0.25) is 0 Å². The highest BCUT2D eigenvalue weighted by molar-refractivity contribution is 5.89. The van der Waals surface area contributed by atoms with Crippen LogP contribution < -0.4 is 20.6 Å². The van der Waals surface area contributed by atoms with E-state index in [4.69, 9.17) is 10.00 Å². The molecule has 0 saturated carbocycles. The largest absolute Gasteiger partial charge is 0.759 e. The van der Waals surface area contributed by atoms with Gasteiger partial charge in [0.15, 0.2) is 0 Å². The Bertz CT molecular complexity index is 584. The lowest BCUT2D eigenvalue weighted by Crippen LogP contribution is -2.46. The van der Waals surface area contributed by atoms with Gasteiger partial charge in [0, 0.05) is 11.8 Å². The molecule has 0 atom stereocenters. The average Bonchev–Trinajstić information content (AvgIpc) is 2.51. The summed E-state index contributed by atoms with van der Waals surface area (Å²) in [6.07, 6.45) is 2.17. The van der Waals surface area contributed by atoms with Gasteiger partial charge in [-0.05, 0) is 18.6 Å². The number of hydrogen-bond acceptors (Lipinski definition) is 5. The summed E-state index contributed by atoms with van der Waals surface area (Å²) in [5.41, 5.74) is 1.35. The fraction of sp³-hybridized carbons (Fsp3) is 0.438. The first-order chi connectivity index (χ1) is 11.4. The molecule has 8 nitrogen and oxygen atoms in total. The number of likely N-dealkylation sites (N-methyl/N-ethyl adjacent to an activating group) is 1. The Balaban J connectivity index is 2.41. The van der Waals surface area contributed by atoms with Crippen LogP contribution in [0.1, 0.15) is 12.0 Å². The summed E-state index contributed by atoms with van der Waals surface area (Å²) in [4.78, 5) is 15.6. The molecule has 0 radical (unpaired) electrons. The number of rotatable bonds is 9. The van der Waals surface area contributed by atoms with Gasteiger partial charge in [-0.2, -0.15) is 0 Å². The van der Waals surface area contributed by atoms with Crippen LogP contribution >= 0.6 is 0 Å². The maximum atomic E-state index is 11.9. The van der Waals surface area contributed by atoms with Crippen LogP contribution in [-0.2, 0) is 4.89 Å². The number of anilines is 1. The van der Waals surface area contributed by atoms with Gasteiger partial charge in [0.05, 0.1) is 33.7 Å².